The van der Waals surface area contributed by atoms with Gasteiger partial charge in [-0.2, -0.15) is 0 Å². The van der Waals surface area contributed by atoms with Crippen molar-refractivity contribution < 1.29 is 9.53 Å². The summed E-state index contributed by atoms with van der Waals surface area (Å²) in [6.45, 7) is 11.0. The van der Waals surface area contributed by atoms with E-state index < -0.39 is 0 Å². The number of hydrogen-bond donors (Lipinski definition) is 2. The quantitative estimate of drug-likeness (QED) is 0.505. The first-order valence-corrected chi connectivity index (χ1v) is 11.3. The molecule has 1 aliphatic heterocycles. The second-order valence-electron chi connectivity index (χ2n) is 9.34. The van der Waals surface area contributed by atoms with Crippen molar-refractivity contribution in [2.24, 2.45) is 4.99 Å². The van der Waals surface area contributed by atoms with E-state index >= 15 is 0 Å². The number of aliphatic imine (C=N–C) groups is 1. The van der Waals surface area contributed by atoms with Crippen LogP contribution in [0.1, 0.15) is 55.9 Å². The smallest absolute Gasteiger partial charge is 0.222 e. The molecule has 2 aromatic rings. The van der Waals surface area contributed by atoms with Gasteiger partial charge in [0.15, 0.2) is 5.96 Å². The Morgan fingerprint density at radius 1 is 1.09 bits per heavy atom. The monoisotopic (exact) mass is 436 g/mol. The second kappa shape index (κ2) is 10.5. The van der Waals surface area contributed by atoms with Crippen molar-refractivity contribution in [3.8, 4) is 5.75 Å². The fourth-order valence-corrected chi connectivity index (χ4v) is 3.75. The number of nitrogens with one attached hydrogen (secondary N) is 2. The van der Waals surface area contributed by atoms with Gasteiger partial charge >= 0.3 is 0 Å². The fraction of sp³-hybridized carbons (Fsp3) is 0.462. The Morgan fingerprint density at radius 3 is 2.53 bits per heavy atom. The largest absolute Gasteiger partial charge is 0.488 e. The van der Waals surface area contributed by atoms with E-state index in [2.05, 4.69) is 79.7 Å². The van der Waals surface area contributed by atoms with Gasteiger partial charge in [0, 0.05) is 45.2 Å². The fourth-order valence-electron chi connectivity index (χ4n) is 3.75. The Morgan fingerprint density at radius 2 is 1.84 bits per heavy atom. The van der Waals surface area contributed by atoms with Gasteiger partial charge in [0.25, 0.3) is 0 Å². The molecule has 0 aromatic heterocycles. The van der Waals surface area contributed by atoms with Crippen molar-refractivity contribution in [2.45, 2.75) is 65.8 Å². The van der Waals surface area contributed by atoms with E-state index in [1.165, 1.54) is 5.56 Å². The van der Waals surface area contributed by atoms with Gasteiger partial charge in [-0.25, -0.2) is 0 Å². The molecule has 3 rings (SSSR count). The number of benzene rings is 2. The average molecular weight is 437 g/mol. The lowest BCUT2D eigenvalue weighted by Crippen LogP contribution is -2.36. The molecule has 2 N–H and O–H groups in total. The maximum absolute atomic E-state index is 11.9. The van der Waals surface area contributed by atoms with Crippen molar-refractivity contribution in [1.82, 2.24) is 15.5 Å². The van der Waals surface area contributed by atoms with E-state index in [-0.39, 0.29) is 11.5 Å². The van der Waals surface area contributed by atoms with Gasteiger partial charge < -0.3 is 20.3 Å². The molecule has 0 saturated carbocycles. The summed E-state index contributed by atoms with van der Waals surface area (Å²) in [6, 6.07) is 14.6. The van der Waals surface area contributed by atoms with Crippen LogP contribution in [-0.4, -0.2) is 36.0 Å². The first kappa shape index (κ1) is 23.6. The SMILES string of the molecule is CN=C(NCc1cccc(CN2CCCC2=O)c1)NCc1ccc(C)cc1OC(C)(C)C. The molecule has 6 nitrogen and oxygen atoms in total. The summed E-state index contributed by atoms with van der Waals surface area (Å²) in [7, 11) is 1.77. The molecule has 1 aliphatic rings. The van der Waals surface area contributed by atoms with Crippen molar-refractivity contribution in [3.05, 3.63) is 64.7 Å². The van der Waals surface area contributed by atoms with Crippen LogP contribution in [0.3, 0.4) is 0 Å². The highest BCUT2D eigenvalue weighted by Crippen LogP contribution is 2.24. The summed E-state index contributed by atoms with van der Waals surface area (Å²) in [4.78, 5) is 18.2. The van der Waals surface area contributed by atoms with Crippen LogP contribution in [0.15, 0.2) is 47.5 Å². The zero-order valence-electron chi connectivity index (χ0n) is 20.0. The van der Waals surface area contributed by atoms with E-state index in [9.17, 15) is 4.79 Å². The van der Waals surface area contributed by atoms with Gasteiger partial charge in [0.2, 0.25) is 5.91 Å². The molecule has 0 bridgehead atoms. The minimum absolute atomic E-state index is 0.254. The predicted molar refractivity (Wildman–Crippen MR) is 130 cm³/mol. The van der Waals surface area contributed by atoms with E-state index in [0.717, 1.165) is 41.4 Å². The van der Waals surface area contributed by atoms with Gasteiger partial charge in [-0.1, -0.05) is 36.4 Å². The molecule has 1 heterocycles. The normalized spacial score (nSPS) is 14.6. The lowest BCUT2D eigenvalue weighted by Gasteiger charge is -2.24. The Hall–Kier alpha value is -3.02. The molecular formula is C26H36N4O2. The molecule has 1 amide bonds. The van der Waals surface area contributed by atoms with Crippen molar-refractivity contribution >= 4 is 11.9 Å². The van der Waals surface area contributed by atoms with Gasteiger partial charge in [-0.15, -0.1) is 0 Å². The minimum Gasteiger partial charge on any atom is -0.488 e. The predicted octanol–water partition coefficient (Wildman–Crippen LogP) is 4.16. The first-order valence-electron chi connectivity index (χ1n) is 11.3. The van der Waals surface area contributed by atoms with Crippen LogP contribution in [0.5, 0.6) is 5.75 Å². The van der Waals surface area contributed by atoms with Gasteiger partial charge in [-0.3, -0.25) is 9.79 Å². The van der Waals surface area contributed by atoms with Crippen LogP contribution in [0.4, 0.5) is 0 Å². The summed E-state index contributed by atoms with van der Waals surface area (Å²) in [5.41, 5.74) is 4.32. The third-order valence-electron chi connectivity index (χ3n) is 5.30. The number of likely N-dealkylation sites (tertiary alicyclic amines) is 1. The number of ether oxygens (including phenoxy) is 1. The van der Waals surface area contributed by atoms with E-state index in [1.807, 2.05) is 11.0 Å². The van der Waals surface area contributed by atoms with Crippen LogP contribution in [0.25, 0.3) is 0 Å². The number of rotatable bonds is 7. The summed E-state index contributed by atoms with van der Waals surface area (Å²) >= 11 is 0. The zero-order chi connectivity index (χ0) is 23.1. The van der Waals surface area contributed by atoms with Gasteiger partial charge in [-0.05, 0) is 56.9 Å². The molecule has 0 unspecified atom stereocenters. The van der Waals surface area contributed by atoms with E-state index in [0.29, 0.717) is 26.1 Å². The molecule has 0 radical (unpaired) electrons. The van der Waals surface area contributed by atoms with Crippen LogP contribution in [0, 0.1) is 6.92 Å². The Kier molecular flexibility index (Phi) is 7.78. The lowest BCUT2D eigenvalue weighted by molar-refractivity contribution is -0.128. The molecule has 6 heteroatoms. The molecule has 0 aliphatic carbocycles. The third-order valence-corrected chi connectivity index (χ3v) is 5.30. The summed E-state index contributed by atoms with van der Waals surface area (Å²) in [5.74, 6) is 1.88. The van der Waals surface area contributed by atoms with Crippen LogP contribution >= 0.6 is 0 Å². The summed E-state index contributed by atoms with van der Waals surface area (Å²) < 4.78 is 6.16. The Balaban J connectivity index is 1.57. The van der Waals surface area contributed by atoms with Gasteiger partial charge in [0.1, 0.15) is 11.4 Å². The molecule has 32 heavy (non-hydrogen) atoms. The van der Waals surface area contributed by atoms with Crippen LogP contribution < -0.4 is 15.4 Å². The standard InChI is InChI=1S/C26H36N4O2/c1-19-11-12-22(23(14-19)32-26(2,3)4)17-29-25(27-5)28-16-20-8-6-9-21(15-20)18-30-13-7-10-24(30)31/h6,8-9,11-12,14-15H,7,10,13,16-18H2,1-5H3,(H2,27,28,29). The van der Waals surface area contributed by atoms with E-state index in [4.69, 9.17) is 4.74 Å². The van der Waals surface area contributed by atoms with Crippen LogP contribution in [0.2, 0.25) is 0 Å². The first-order chi connectivity index (χ1) is 15.2. The van der Waals surface area contributed by atoms with Crippen molar-refractivity contribution in [2.75, 3.05) is 13.6 Å². The van der Waals surface area contributed by atoms with Crippen LogP contribution in [-0.2, 0) is 24.4 Å². The highest BCUT2D eigenvalue weighted by atomic mass is 16.5. The third kappa shape index (κ3) is 7.01. The number of carbonyl (C=O) groups is 1. The molecule has 1 fully saturated rings. The second-order valence-corrected chi connectivity index (χ2v) is 9.34. The number of carbonyl (C=O) groups excluding carboxylic acids is 1. The van der Waals surface area contributed by atoms with Gasteiger partial charge in [0.05, 0.1) is 0 Å². The maximum atomic E-state index is 11.9. The number of aryl methyl sites for hydroxylation is 1. The highest BCUT2D eigenvalue weighted by molar-refractivity contribution is 5.79. The lowest BCUT2D eigenvalue weighted by atomic mass is 10.1. The van der Waals surface area contributed by atoms with Crippen molar-refractivity contribution in [1.29, 1.82) is 0 Å². The number of amides is 1. The van der Waals surface area contributed by atoms with Crippen molar-refractivity contribution in [3.63, 3.8) is 0 Å². The Bertz CT molecular complexity index is 963. The maximum Gasteiger partial charge on any atom is 0.222 e. The molecule has 2 aromatic carbocycles. The molecule has 0 spiro atoms. The molecule has 1 saturated heterocycles. The molecule has 172 valence electrons. The average Bonchev–Trinajstić information content (AvgIpc) is 3.13. The number of nitrogens with zero attached hydrogens (tertiary/aromatic N) is 2. The number of hydrogen-bond acceptors (Lipinski definition) is 3. The summed E-state index contributed by atoms with van der Waals surface area (Å²) in [6.07, 6.45) is 1.64. The number of guanidine groups is 1. The zero-order valence-corrected chi connectivity index (χ0v) is 20.0. The topological polar surface area (TPSA) is 66.0 Å². The molecular weight excluding hydrogens is 400 g/mol. The Labute approximate surface area is 192 Å². The minimum atomic E-state index is -0.257. The highest BCUT2D eigenvalue weighted by Gasteiger charge is 2.20. The van der Waals surface area contributed by atoms with E-state index in [1.54, 1.807) is 7.05 Å². The molecule has 0 atom stereocenters. The summed E-state index contributed by atoms with van der Waals surface area (Å²) in [5, 5.41) is 6.77.